The quantitative estimate of drug-likeness (QED) is 0.564. The van der Waals surface area contributed by atoms with Gasteiger partial charge in [-0.1, -0.05) is 23.4 Å². The predicted octanol–water partition coefficient (Wildman–Crippen LogP) is 2.81. The maximum Gasteiger partial charge on any atom is 0.471 e. The van der Waals surface area contributed by atoms with Crippen LogP contribution < -0.4 is 11.1 Å². The Morgan fingerprint density at radius 2 is 1.97 bits per heavy atom. The molecule has 2 amide bonds. The average molecular weight is 439 g/mol. The van der Waals surface area contributed by atoms with Crippen LogP contribution in [0.25, 0.3) is 11.4 Å². The Morgan fingerprint density at radius 1 is 1.19 bits per heavy atom. The molecule has 3 N–H and O–H groups in total. The van der Waals surface area contributed by atoms with E-state index in [1.165, 1.54) is 30.5 Å². The van der Waals surface area contributed by atoms with E-state index in [1.807, 2.05) is 0 Å². The molecule has 2 aromatic heterocycles. The van der Waals surface area contributed by atoms with Gasteiger partial charge in [0.15, 0.2) is 0 Å². The molecule has 0 bridgehead atoms. The van der Waals surface area contributed by atoms with Gasteiger partial charge in [0.1, 0.15) is 18.1 Å². The second-order valence-electron chi connectivity index (χ2n) is 6.07. The lowest BCUT2D eigenvalue weighted by atomic mass is 10.1. The van der Waals surface area contributed by atoms with Crippen LogP contribution in [-0.2, 0) is 24.1 Å². The minimum absolute atomic E-state index is 0.0324. The second-order valence-corrected chi connectivity index (χ2v) is 6.07. The number of rotatable bonds is 6. The standard InChI is InChI=1S/C18H13F4N5O4/c19-12-5-10(15-26-16(31-27-15)18(20,21)22)2-3-11(12)7-25-17(29)30-8-9-1-4-13(14(23)28)24-6-9/h1-6H,7-8H2,(H2,23,28)(H,25,29). The molecule has 3 aromatic rings. The van der Waals surface area contributed by atoms with Gasteiger partial charge in [-0.05, 0) is 12.1 Å². The number of halogens is 4. The van der Waals surface area contributed by atoms with Gasteiger partial charge in [-0.25, -0.2) is 9.18 Å². The maximum atomic E-state index is 14.2. The zero-order valence-corrected chi connectivity index (χ0v) is 15.4. The fraction of sp³-hybridized carbons (Fsp3) is 0.167. The van der Waals surface area contributed by atoms with Gasteiger partial charge >= 0.3 is 18.2 Å². The van der Waals surface area contributed by atoms with Crippen molar-refractivity contribution < 1.29 is 36.4 Å². The van der Waals surface area contributed by atoms with Gasteiger partial charge in [0, 0.05) is 29.4 Å². The van der Waals surface area contributed by atoms with E-state index in [0.717, 1.165) is 6.07 Å². The minimum Gasteiger partial charge on any atom is -0.445 e. The first kappa shape index (κ1) is 21.7. The summed E-state index contributed by atoms with van der Waals surface area (Å²) in [5, 5.41) is 5.50. The van der Waals surface area contributed by atoms with Gasteiger partial charge in [0.05, 0.1) is 0 Å². The molecule has 13 heteroatoms. The lowest BCUT2D eigenvalue weighted by molar-refractivity contribution is -0.159. The minimum atomic E-state index is -4.81. The Hall–Kier alpha value is -4.03. The molecule has 0 unspecified atom stereocenters. The molecule has 0 fully saturated rings. The molecule has 0 aliphatic rings. The van der Waals surface area contributed by atoms with Gasteiger partial charge in [0.2, 0.25) is 5.82 Å². The summed E-state index contributed by atoms with van der Waals surface area (Å²) >= 11 is 0. The summed E-state index contributed by atoms with van der Waals surface area (Å²) in [5.41, 5.74) is 5.64. The van der Waals surface area contributed by atoms with Crippen LogP contribution in [-0.4, -0.2) is 27.1 Å². The molecule has 0 spiro atoms. The average Bonchev–Trinajstić information content (AvgIpc) is 3.22. The third-order valence-electron chi connectivity index (χ3n) is 3.85. The third kappa shape index (κ3) is 5.52. The molecule has 9 nitrogen and oxygen atoms in total. The zero-order valence-electron chi connectivity index (χ0n) is 15.4. The molecule has 162 valence electrons. The highest BCUT2D eigenvalue weighted by molar-refractivity contribution is 5.90. The van der Waals surface area contributed by atoms with Crippen LogP contribution in [0.4, 0.5) is 22.4 Å². The highest BCUT2D eigenvalue weighted by Crippen LogP contribution is 2.29. The maximum absolute atomic E-state index is 14.2. The van der Waals surface area contributed by atoms with Gasteiger partial charge in [-0.2, -0.15) is 18.2 Å². The van der Waals surface area contributed by atoms with E-state index in [4.69, 9.17) is 10.5 Å². The molecule has 0 radical (unpaired) electrons. The second kappa shape index (κ2) is 8.77. The van der Waals surface area contributed by atoms with Crippen molar-refractivity contribution in [3.8, 4) is 11.4 Å². The lowest BCUT2D eigenvalue weighted by Gasteiger charge is -2.08. The molecule has 0 atom stereocenters. The van der Waals surface area contributed by atoms with E-state index in [-0.39, 0.29) is 30.0 Å². The summed E-state index contributed by atoms with van der Waals surface area (Å²) in [6.45, 7) is -0.400. The van der Waals surface area contributed by atoms with Crippen molar-refractivity contribution in [2.45, 2.75) is 19.3 Å². The van der Waals surface area contributed by atoms with Crippen LogP contribution in [0, 0.1) is 5.82 Å². The number of carbonyl (C=O) groups excluding carboxylic acids is 2. The number of hydrogen-bond donors (Lipinski definition) is 2. The molecular weight excluding hydrogens is 426 g/mol. The number of nitrogens with two attached hydrogens (primary N) is 1. The predicted molar refractivity (Wildman–Crippen MR) is 94.5 cm³/mol. The molecular formula is C18H13F4N5O4. The molecule has 0 aliphatic carbocycles. The number of carbonyl (C=O) groups is 2. The Balaban J connectivity index is 1.55. The van der Waals surface area contributed by atoms with Crippen molar-refractivity contribution in [1.82, 2.24) is 20.4 Å². The monoisotopic (exact) mass is 439 g/mol. The number of aromatic nitrogens is 3. The van der Waals surface area contributed by atoms with Crippen LogP contribution in [0.15, 0.2) is 41.1 Å². The Kier molecular flexibility index (Phi) is 6.13. The number of nitrogens with zero attached hydrogens (tertiary/aromatic N) is 3. The van der Waals surface area contributed by atoms with Gasteiger partial charge in [-0.3, -0.25) is 9.78 Å². The van der Waals surface area contributed by atoms with Crippen molar-refractivity contribution in [2.75, 3.05) is 0 Å². The van der Waals surface area contributed by atoms with Crippen LogP contribution in [0.1, 0.15) is 27.5 Å². The van der Waals surface area contributed by atoms with Gasteiger partial charge < -0.3 is 20.3 Å². The molecule has 1 aromatic carbocycles. The van der Waals surface area contributed by atoms with Gasteiger partial charge in [-0.15, -0.1) is 0 Å². The number of ether oxygens (including phenoxy) is 1. The highest BCUT2D eigenvalue weighted by atomic mass is 19.4. The Bertz CT molecular complexity index is 1100. The molecule has 0 saturated heterocycles. The summed E-state index contributed by atoms with van der Waals surface area (Å²) in [4.78, 5) is 29.7. The summed E-state index contributed by atoms with van der Waals surface area (Å²) in [5.74, 6) is -3.47. The molecule has 0 aliphatic heterocycles. The van der Waals surface area contributed by atoms with Crippen molar-refractivity contribution in [2.24, 2.45) is 5.73 Å². The van der Waals surface area contributed by atoms with Crippen LogP contribution >= 0.6 is 0 Å². The van der Waals surface area contributed by atoms with Crippen molar-refractivity contribution >= 4 is 12.0 Å². The van der Waals surface area contributed by atoms with E-state index in [0.29, 0.717) is 5.56 Å². The number of alkyl carbamates (subject to hydrolysis) is 1. The van der Waals surface area contributed by atoms with E-state index in [2.05, 4.69) is 25.0 Å². The number of pyridine rings is 1. The van der Waals surface area contributed by atoms with Crippen LogP contribution in [0.2, 0.25) is 0 Å². The van der Waals surface area contributed by atoms with E-state index < -0.39 is 35.7 Å². The first-order valence-electron chi connectivity index (χ1n) is 8.48. The summed E-state index contributed by atoms with van der Waals surface area (Å²) < 4.78 is 60.8. The summed E-state index contributed by atoms with van der Waals surface area (Å²) in [7, 11) is 0. The lowest BCUT2D eigenvalue weighted by Crippen LogP contribution is -2.24. The van der Waals surface area contributed by atoms with E-state index in [1.54, 1.807) is 0 Å². The number of primary amides is 1. The topological polar surface area (TPSA) is 133 Å². The first-order valence-corrected chi connectivity index (χ1v) is 8.48. The van der Waals surface area contributed by atoms with Crippen molar-refractivity contribution in [3.63, 3.8) is 0 Å². The Morgan fingerprint density at radius 3 is 2.55 bits per heavy atom. The number of amides is 2. The number of nitrogens with one attached hydrogen (secondary N) is 1. The third-order valence-corrected chi connectivity index (χ3v) is 3.85. The zero-order chi connectivity index (χ0) is 22.6. The van der Waals surface area contributed by atoms with Crippen LogP contribution in [0.5, 0.6) is 0 Å². The normalized spacial score (nSPS) is 11.2. The molecule has 0 saturated carbocycles. The van der Waals surface area contributed by atoms with E-state index in [9.17, 15) is 27.2 Å². The van der Waals surface area contributed by atoms with Crippen molar-refractivity contribution in [3.05, 3.63) is 65.1 Å². The SMILES string of the molecule is NC(=O)c1ccc(COC(=O)NCc2ccc(-c3noc(C(F)(F)F)n3)cc2F)cn1. The Labute approximate surface area is 171 Å². The fourth-order valence-electron chi connectivity index (χ4n) is 2.31. The van der Waals surface area contributed by atoms with Gasteiger partial charge in [0.25, 0.3) is 5.91 Å². The summed E-state index contributed by atoms with van der Waals surface area (Å²) in [6.07, 6.45) is -4.35. The smallest absolute Gasteiger partial charge is 0.445 e. The number of benzene rings is 1. The van der Waals surface area contributed by atoms with Crippen LogP contribution in [0.3, 0.4) is 0 Å². The summed E-state index contributed by atoms with van der Waals surface area (Å²) in [6, 6.07) is 6.32. The van der Waals surface area contributed by atoms with E-state index >= 15 is 0 Å². The van der Waals surface area contributed by atoms with Crippen molar-refractivity contribution in [1.29, 1.82) is 0 Å². The molecule has 2 heterocycles. The molecule has 3 rings (SSSR count). The number of alkyl halides is 3. The first-order chi connectivity index (χ1) is 14.6. The highest BCUT2D eigenvalue weighted by Gasteiger charge is 2.38. The molecule has 31 heavy (non-hydrogen) atoms. The number of hydrogen-bond acceptors (Lipinski definition) is 7. The largest absolute Gasteiger partial charge is 0.471 e. The fourth-order valence-corrected chi connectivity index (χ4v) is 2.31.